The van der Waals surface area contributed by atoms with Crippen LogP contribution in [0.2, 0.25) is 0 Å². The monoisotopic (exact) mass is 469 g/mol. The van der Waals surface area contributed by atoms with Crippen molar-refractivity contribution < 1.29 is 15.1 Å². The van der Waals surface area contributed by atoms with Crippen molar-refractivity contribution in [1.82, 2.24) is 0 Å². The molecule has 0 aliphatic rings. The van der Waals surface area contributed by atoms with Crippen molar-refractivity contribution in [3.8, 4) is 22.3 Å². The molecule has 0 spiro atoms. The van der Waals surface area contributed by atoms with E-state index in [1.54, 1.807) is 0 Å². The average Bonchev–Trinajstić information content (AvgIpc) is 2.99. The van der Waals surface area contributed by atoms with Gasteiger partial charge in [0.15, 0.2) is 0 Å². The Balaban J connectivity index is 1.81. The van der Waals surface area contributed by atoms with Gasteiger partial charge in [-0.25, -0.2) is 0 Å². The summed E-state index contributed by atoms with van der Waals surface area (Å²) in [4.78, 5) is 0. The maximum Gasteiger partial charge on any atom is 0.0629 e. The van der Waals surface area contributed by atoms with Crippen LogP contribution in [0, 0.1) is 0 Å². The summed E-state index contributed by atoms with van der Waals surface area (Å²) in [5.74, 6) is 0. The molecule has 0 aliphatic heterocycles. The molecule has 6 aromatic carbocycles. The number of rotatable bonds is 2. The van der Waals surface area contributed by atoms with Crippen molar-refractivity contribution in [2.45, 2.75) is 0 Å². The zero-order valence-corrected chi connectivity index (χ0v) is 17.6. The van der Waals surface area contributed by atoms with E-state index in [0.29, 0.717) is 16.3 Å². The van der Waals surface area contributed by atoms with Crippen LogP contribution < -0.4 is 0 Å². The molecule has 6 rings (SSSR count). The lowest BCUT2D eigenvalue weighted by Gasteiger charge is -2.15. The van der Waals surface area contributed by atoms with E-state index in [1.807, 2.05) is 48.5 Å². The Bertz CT molecular complexity index is 2080. The highest BCUT2D eigenvalue weighted by atomic mass is 79.9. The van der Waals surface area contributed by atoms with Crippen LogP contribution in [0.3, 0.4) is 0 Å². The fraction of sp³-hybridized carbons (Fsp3) is 0. The number of hydrogen-bond donors (Lipinski definition) is 0. The number of halogens is 1. The van der Waals surface area contributed by atoms with E-state index >= 15 is 0 Å². The second kappa shape index (κ2) is 7.37. The first-order valence-corrected chi connectivity index (χ1v) is 10.4. The lowest BCUT2D eigenvalue weighted by atomic mass is 9.90. The molecule has 0 amide bonds. The third-order valence-electron chi connectivity index (χ3n) is 5.30. The van der Waals surface area contributed by atoms with Crippen LogP contribution in [0.5, 0.6) is 0 Å². The van der Waals surface area contributed by atoms with Crippen LogP contribution in [0.1, 0.15) is 15.1 Å². The molecule has 146 valence electrons. The summed E-state index contributed by atoms with van der Waals surface area (Å²) >= 11 is 3.68. The normalized spacial score (nSPS) is 16.4. The van der Waals surface area contributed by atoms with Crippen LogP contribution in [-0.2, 0) is 0 Å². The van der Waals surface area contributed by atoms with Gasteiger partial charge in [0.25, 0.3) is 0 Å². The fourth-order valence-corrected chi connectivity index (χ4v) is 4.60. The minimum absolute atomic E-state index is 0.0367. The Morgan fingerprint density at radius 1 is 0.516 bits per heavy atom. The molecule has 0 aromatic heterocycles. The van der Waals surface area contributed by atoms with Crippen LogP contribution in [0.15, 0.2) is 119 Å². The highest BCUT2D eigenvalue weighted by molar-refractivity contribution is 9.10. The van der Waals surface area contributed by atoms with Gasteiger partial charge in [0.1, 0.15) is 0 Å². The Morgan fingerprint density at radius 2 is 1.06 bits per heavy atom. The Morgan fingerprint density at radius 3 is 1.74 bits per heavy atom. The zero-order chi connectivity index (χ0) is 30.4. The zero-order valence-electron chi connectivity index (χ0n) is 27.0. The van der Waals surface area contributed by atoms with Gasteiger partial charge in [0, 0.05) is 4.47 Å². The molecule has 0 heterocycles. The molecular formula is C30H19Br. The second-order valence-corrected chi connectivity index (χ2v) is 7.82. The average molecular weight is 470 g/mol. The highest BCUT2D eigenvalue weighted by Gasteiger charge is 2.14. The number of fused-ring (bicyclic) bond motifs is 3. The van der Waals surface area contributed by atoms with Crippen molar-refractivity contribution in [3.63, 3.8) is 0 Å². The molecule has 6 aromatic rings. The second-order valence-electron chi connectivity index (χ2n) is 7.03. The quantitative estimate of drug-likeness (QED) is 0.221. The van der Waals surface area contributed by atoms with Gasteiger partial charge in [0.2, 0.25) is 0 Å². The van der Waals surface area contributed by atoms with Crippen molar-refractivity contribution >= 4 is 48.2 Å². The molecule has 31 heavy (non-hydrogen) atoms. The molecule has 0 unspecified atom stereocenters. The summed E-state index contributed by atoms with van der Waals surface area (Å²) in [6.07, 6.45) is 0. The molecule has 0 fully saturated rings. The van der Waals surface area contributed by atoms with Gasteiger partial charge in [-0.2, -0.15) is 0 Å². The molecule has 1 heteroatoms. The Hall–Kier alpha value is -3.42. The molecule has 0 bridgehead atoms. The van der Waals surface area contributed by atoms with Gasteiger partial charge < -0.3 is 0 Å². The molecule has 0 aliphatic carbocycles. The molecular weight excluding hydrogens is 440 g/mol. The predicted octanol–water partition coefficient (Wildman–Crippen LogP) is 9.24. The van der Waals surface area contributed by atoms with Gasteiger partial charge in [-0.05, 0) is 70.5 Å². The SMILES string of the molecule is [2H]c1c([2H])c(-c2c([2H])c([2H])c([2H])c3c([2H])c([2H])c([2H])c([2H])c23)c([2H])c([2H])c1-c1c2ccccc2c(Br)c2ccccc12. The standard InChI is InChI=1S/C30H19Br/c31-30-27-13-5-3-11-25(27)29(26-12-4-6-14-28(26)30)22-18-16-21(17-19-22)24-15-7-9-20-8-1-2-10-23(20)24/h1-19H/i1D,2D,7D,8D,9D,10D,15D,16D,17D,18D,19D. The van der Waals surface area contributed by atoms with Crippen LogP contribution in [-0.4, -0.2) is 0 Å². The number of benzene rings is 6. The van der Waals surface area contributed by atoms with Gasteiger partial charge in [0.05, 0.1) is 15.1 Å². The van der Waals surface area contributed by atoms with E-state index in [4.69, 9.17) is 15.1 Å². The topological polar surface area (TPSA) is 0 Å². The third-order valence-corrected chi connectivity index (χ3v) is 6.16. The van der Waals surface area contributed by atoms with E-state index in [-0.39, 0.29) is 27.5 Å². The maximum absolute atomic E-state index is 9.11. The summed E-state index contributed by atoms with van der Waals surface area (Å²) in [5, 5.41) is 2.41. The van der Waals surface area contributed by atoms with E-state index < -0.39 is 66.5 Å². The smallest absolute Gasteiger partial charge is 0.0616 e. The van der Waals surface area contributed by atoms with Crippen molar-refractivity contribution in [1.29, 1.82) is 0 Å². The predicted molar refractivity (Wildman–Crippen MR) is 138 cm³/mol. The van der Waals surface area contributed by atoms with E-state index in [2.05, 4.69) is 15.9 Å². The lowest BCUT2D eigenvalue weighted by molar-refractivity contribution is 1.63. The Kier molecular flexibility index (Phi) is 2.44. The summed E-state index contributed by atoms with van der Waals surface area (Å²) < 4.78 is 95.8. The number of hydrogen-bond acceptors (Lipinski definition) is 0. The minimum Gasteiger partial charge on any atom is -0.0616 e. The summed E-state index contributed by atoms with van der Waals surface area (Å²) in [5.41, 5.74) is -0.178. The van der Waals surface area contributed by atoms with Gasteiger partial charge >= 0.3 is 0 Å². The molecule has 0 radical (unpaired) electrons. The molecule has 0 nitrogen and oxygen atoms in total. The summed E-state index contributed by atoms with van der Waals surface area (Å²) in [6, 6.07) is 8.71. The summed E-state index contributed by atoms with van der Waals surface area (Å²) in [6.45, 7) is 0. The Labute approximate surface area is 205 Å². The van der Waals surface area contributed by atoms with E-state index in [1.165, 1.54) is 0 Å². The van der Waals surface area contributed by atoms with Gasteiger partial charge in [-0.1, -0.05) is 115 Å². The van der Waals surface area contributed by atoms with Gasteiger partial charge in [-0.15, -0.1) is 0 Å². The summed E-state index contributed by atoms with van der Waals surface area (Å²) in [7, 11) is 0. The first kappa shape index (κ1) is 10.3. The molecule has 0 N–H and O–H groups in total. The fourth-order valence-electron chi connectivity index (χ4n) is 3.91. The molecule has 0 saturated heterocycles. The van der Waals surface area contributed by atoms with Crippen LogP contribution in [0.25, 0.3) is 54.6 Å². The first-order chi connectivity index (χ1) is 19.9. The van der Waals surface area contributed by atoms with Crippen LogP contribution in [0.4, 0.5) is 0 Å². The lowest BCUT2D eigenvalue weighted by Crippen LogP contribution is -1.88. The van der Waals surface area contributed by atoms with Crippen molar-refractivity contribution in [3.05, 3.63) is 119 Å². The van der Waals surface area contributed by atoms with Gasteiger partial charge in [-0.3, -0.25) is 0 Å². The highest BCUT2D eigenvalue weighted by Crippen LogP contribution is 2.42. The van der Waals surface area contributed by atoms with E-state index in [0.717, 1.165) is 15.2 Å². The largest absolute Gasteiger partial charge is 0.0629 e. The van der Waals surface area contributed by atoms with Crippen LogP contribution >= 0.6 is 15.9 Å². The first-order valence-electron chi connectivity index (χ1n) is 15.1. The third kappa shape index (κ3) is 2.97. The van der Waals surface area contributed by atoms with E-state index in [9.17, 15) is 0 Å². The molecule has 0 saturated carbocycles. The molecule has 0 atom stereocenters. The minimum atomic E-state index is -0.645. The maximum atomic E-state index is 9.11. The van der Waals surface area contributed by atoms with Crippen molar-refractivity contribution in [2.75, 3.05) is 0 Å². The van der Waals surface area contributed by atoms with Crippen molar-refractivity contribution in [2.24, 2.45) is 0 Å².